The maximum Gasteiger partial charge on any atom is 0.243 e. The van der Waals surface area contributed by atoms with E-state index in [4.69, 9.17) is 0 Å². The lowest BCUT2D eigenvalue weighted by atomic mass is 9.99. The maximum atomic E-state index is 13.7. The van der Waals surface area contributed by atoms with Gasteiger partial charge in [-0.05, 0) is 49.0 Å². The van der Waals surface area contributed by atoms with Gasteiger partial charge < -0.3 is 26.6 Å². The minimum atomic E-state index is -0.989. The summed E-state index contributed by atoms with van der Waals surface area (Å²) < 4.78 is 0. The molecule has 0 bridgehead atoms. The molecule has 5 N–H and O–H groups in total. The van der Waals surface area contributed by atoms with Gasteiger partial charge in [0.25, 0.3) is 0 Å². The van der Waals surface area contributed by atoms with Crippen molar-refractivity contribution in [1.29, 1.82) is 0 Å². The molecule has 1 heterocycles. The van der Waals surface area contributed by atoms with Gasteiger partial charge in [-0.25, -0.2) is 0 Å². The van der Waals surface area contributed by atoms with Crippen LogP contribution in [0.4, 0.5) is 0 Å². The molecule has 0 aromatic heterocycles. The molecule has 10 nitrogen and oxygen atoms in total. The zero-order chi connectivity index (χ0) is 30.7. The largest absolute Gasteiger partial charge is 0.343 e. The minimum Gasteiger partial charge on any atom is -0.343 e. The molecule has 2 rings (SSSR count). The van der Waals surface area contributed by atoms with E-state index in [1.165, 1.54) is 0 Å². The van der Waals surface area contributed by atoms with E-state index >= 15 is 0 Å². The van der Waals surface area contributed by atoms with E-state index in [9.17, 15) is 24.0 Å². The van der Waals surface area contributed by atoms with E-state index in [1.54, 1.807) is 6.92 Å². The first-order valence-corrected chi connectivity index (χ1v) is 14.9. The summed E-state index contributed by atoms with van der Waals surface area (Å²) in [5.41, 5.74) is 0.831. The molecule has 228 valence electrons. The Kier molecular flexibility index (Phi) is 13.3. The predicted molar refractivity (Wildman–Crippen MR) is 158 cm³/mol. The van der Waals surface area contributed by atoms with Gasteiger partial charge in [-0.15, -0.1) is 0 Å². The summed E-state index contributed by atoms with van der Waals surface area (Å²) in [6.45, 7) is 13.4. The Labute approximate surface area is 244 Å². The van der Waals surface area contributed by atoms with E-state index < -0.39 is 59.7 Å². The third-order valence-electron chi connectivity index (χ3n) is 6.98. The molecule has 0 aliphatic carbocycles. The average Bonchev–Trinajstić information content (AvgIpc) is 2.89. The Hall–Kier alpha value is -3.43. The molecular formula is C31H49N5O5. The van der Waals surface area contributed by atoms with Gasteiger partial charge in [0.1, 0.15) is 30.2 Å². The van der Waals surface area contributed by atoms with Crippen molar-refractivity contribution < 1.29 is 24.0 Å². The molecular weight excluding hydrogens is 522 g/mol. The van der Waals surface area contributed by atoms with E-state index in [2.05, 4.69) is 26.6 Å². The Morgan fingerprint density at radius 3 is 1.20 bits per heavy atom. The highest BCUT2D eigenvalue weighted by molar-refractivity contribution is 5.98. The molecule has 41 heavy (non-hydrogen) atoms. The molecule has 1 fully saturated rings. The first-order valence-electron chi connectivity index (χ1n) is 14.9. The van der Waals surface area contributed by atoms with Crippen LogP contribution in [0.1, 0.15) is 79.7 Å². The number of hydrogen-bond donors (Lipinski definition) is 5. The molecule has 1 aliphatic rings. The molecule has 0 unspecified atom stereocenters. The summed E-state index contributed by atoms with van der Waals surface area (Å²) in [6, 6.07) is 4.67. The lowest BCUT2D eigenvalue weighted by Gasteiger charge is -2.27. The minimum absolute atomic E-state index is 0.0642. The van der Waals surface area contributed by atoms with Crippen molar-refractivity contribution >= 4 is 29.5 Å². The summed E-state index contributed by atoms with van der Waals surface area (Å²) >= 11 is 0. The monoisotopic (exact) mass is 571 g/mol. The van der Waals surface area contributed by atoms with Crippen molar-refractivity contribution in [3.8, 4) is 0 Å². The smallest absolute Gasteiger partial charge is 0.243 e. The van der Waals surface area contributed by atoms with Gasteiger partial charge in [0.2, 0.25) is 29.5 Å². The van der Waals surface area contributed by atoms with E-state index in [0.717, 1.165) is 5.56 Å². The Morgan fingerprint density at radius 1 is 0.512 bits per heavy atom. The first-order chi connectivity index (χ1) is 19.3. The highest BCUT2D eigenvalue weighted by Crippen LogP contribution is 2.13. The van der Waals surface area contributed by atoms with E-state index in [-0.39, 0.29) is 24.2 Å². The van der Waals surface area contributed by atoms with Gasteiger partial charge in [0.15, 0.2) is 0 Å². The van der Waals surface area contributed by atoms with Gasteiger partial charge in [-0.3, -0.25) is 24.0 Å². The van der Waals surface area contributed by atoms with Gasteiger partial charge in [-0.2, -0.15) is 0 Å². The second-order valence-electron chi connectivity index (χ2n) is 12.3. The van der Waals surface area contributed by atoms with Crippen LogP contribution in [0.3, 0.4) is 0 Å². The number of benzene rings is 1. The van der Waals surface area contributed by atoms with Crippen molar-refractivity contribution in [2.45, 2.75) is 111 Å². The Morgan fingerprint density at radius 2 is 0.829 bits per heavy atom. The summed E-state index contributed by atoms with van der Waals surface area (Å²) in [6.07, 6.45) is 1.53. The zero-order valence-corrected chi connectivity index (χ0v) is 25.6. The number of carbonyl (C=O) groups excluding carboxylic acids is 5. The van der Waals surface area contributed by atoms with Crippen LogP contribution in [0.5, 0.6) is 0 Å². The zero-order valence-electron chi connectivity index (χ0n) is 25.6. The summed E-state index contributed by atoms with van der Waals surface area (Å²) in [5.74, 6) is -2.26. The summed E-state index contributed by atoms with van der Waals surface area (Å²) in [5, 5.41) is 14.1. The quantitative estimate of drug-likeness (QED) is 0.309. The molecule has 0 spiro atoms. The van der Waals surface area contributed by atoms with Crippen LogP contribution in [-0.2, 0) is 30.4 Å². The van der Waals surface area contributed by atoms with Crippen LogP contribution in [-0.4, -0.2) is 59.7 Å². The lowest BCUT2D eigenvalue weighted by Crippen LogP contribution is -2.58. The van der Waals surface area contributed by atoms with Gasteiger partial charge >= 0.3 is 0 Å². The molecule has 5 atom stereocenters. The fourth-order valence-corrected chi connectivity index (χ4v) is 4.88. The Balaban J connectivity index is 2.55. The fourth-order valence-electron chi connectivity index (χ4n) is 4.88. The highest BCUT2D eigenvalue weighted by atomic mass is 16.2. The van der Waals surface area contributed by atoms with Gasteiger partial charge in [0, 0.05) is 6.42 Å². The van der Waals surface area contributed by atoms with Crippen LogP contribution < -0.4 is 26.6 Å². The molecule has 5 amide bonds. The Bertz CT molecular complexity index is 1040. The predicted octanol–water partition coefficient (Wildman–Crippen LogP) is 2.22. The summed E-state index contributed by atoms with van der Waals surface area (Å²) in [7, 11) is 0. The third kappa shape index (κ3) is 11.2. The maximum absolute atomic E-state index is 13.7. The standard InChI is InChI=1S/C31H49N5O5/c1-8-22-27(37)33-24(15-19(4)5)30(40)36-26(17-21-12-10-9-11-13-21)31(41)35-25(16-20(6)7)29(39)34-23(14-18(2)3)28(38)32-22/h9-13,18-20,22-26H,8,14-17H2,1-7H3,(H,32,38)(H,33,37)(H,34,39)(H,35,41)(H,36,40)/t22-,23-,24+,25-,26-/m0/s1. The number of nitrogens with one attached hydrogen (secondary N) is 5. The number of amides is 5. The summed E-state index contributed by atoms with van der Waals surface area (Å²) in [4.78, 5) is 67.4. The third-order valence-corrected chi connectivity index (χ3v) is 6.98. The molecule has 1 aromatic carbocycles. The van der Waals surface area contributed by atoms with Crippen molar-refractivity contribution in [2.24, 2.45) is 17.8 Å². The van der Waals surface area contributed by atoms with Crippen molar-refractivity contribution in [3.63, 3.8) is 0 Å². The average molecular weight is 572 g/mol. The van der Waals surface area contributed by atoms with Gasteiger partial charge in [-0.1, -0.05) is 78.8 Å². The molecule has 0 radical (unpaired) electrons. The van der Waals surface area contributed by atoms with Crippen LogP contribution >= 0.6 is 0 Å². The molecule has 10 heteroatoms. The normalized spacial score (nSPS) is 25.1. The first kappa shape index (κ1) is 33.8. The molecule has 1 aliphatic heterocycles. The van der Waals surface area contributed by atoms with E-state index in [1.807, 2.05) is 71.9 Å². The SMILES string of the molecule is CC[C@@H]1NC(=O)[C@H](CC(C)C)NC(=O)[C@H](CC(C)C)NC(=O)[C@H](Cc2ccccc2)NC(=O)[C@@H](CC(C)C)NC1=O. The number of carbonyl (C=O) groups is 5. The number of rotatable bonds is 9. The number of hydrogen-bond acceptors (Lipinski definition) is 5. The second kappa shape index (κ2) is 16.1. The molecule has 1 aromatic rings. The van der Waals surface area contributed by atoms with E-state index in [0.29, 0.717) is 25.7 Å². The van der Waals surface area contributed by atoms with Crippen molar-refractivity contribution in [3.05, 3.63) is 35.9 Å². The van der Waals surface area contributed by atoms with Crippen LogP contribution in [0.15, 0.2) is 30.3 Å². The molecule has 1 saturated heterocycles. The second-order valence-corrected chi connectivity index (χ2v) is 12.3. The van der Waals surface area contributed by atoms with Gasteiger partial charge in [0.05, 0.1) is 0 Å². The highest BCUT2D eigenvalue weighted by Gasteiger charge is 2.34. The van der Waals surface area contributed by atoms with Crippen LogP contribution in [0.2, 0.25) is 0 Å². The fraction of sp³-hybridized carbons (Fsp3) is 0.645. The van der Waals surface area contributed by atoms with Crippen LogP contribution in [0, 0.1) is 17.8 Å². The van der Waals surface area contributed by atoms with Crippen molar-refractivity contribution in [1.82, 2.24) is 26.6 Å². The van der Waals surface area contributed by atoms with Crippen molar-refractivity contribution in [2.75, 3.05) is 0 Å². The lowest BCUT2D eigenvalue weighted by molar-refractivity contribution is -0.134. The topological polar surface area (TPSA) is 146 Å². The van der Waals surface area contributed by atoms with Crippen LogP contribution in [0.25, 0.3) is 0 Å². The molecule has 0 saturated carbocycles.